The van der Waals surface area contributed by atoms with Crippen LogP contribution in [0.4, 0.5) is 0 Å². The quantitative estimate of drug-likeness (QED) is 0.834. The number of fused-ring (bicyclic) bond motifs is 1. The molecule has 0 N–H and O–H groups in total. The molecule has 0 unspecified atom stereocenters. The summed E-state index contributed by atoms with van der Waals surface area (Å²) < 4.78 is 2.29. The lowest BCUT2D eigenvalue weighted by Gasteiger charge is -2.27. The van der Waals surface area contributed by atoms with E-state index in [-0.39, 0.29) is 23.8 Å². The first kappa shape index (κ1) is 18.0. The van der Waals surface area contributed by atoms with Crippen LogP contribution in [-0.2, 0) is 16.1 Å². The van der Waals surface area contributed by atoms with E-state index in [1.54, 1.807) is 11.9 Å². The molecule has 3 heterocycles. The Hall–Kier alpha value is -2.37. The highest BCUT2D eigenvalue weighted by molar-refractivity contribution is 5.89. The number of hydrogen-bond donors (Lipinski definition) is 0. The van der Waals surface area contributed by atoms with Crippen LogP contribution in [0.3, 0.4) is 0 Å². The van der Waals surface area contributed by atoms with Gasteiger partial charge in [-0.25, -0.2) is 4.98 Å². The molecule has 144 valence electrons. The van der Waals surface area contributed by atoms with Crippen molar-refractivity contribution in [1.29, 1.82) is 0 Å². The van der Waals surface area contributed by atoms with Crippen molar-refractivity contribution in [2.45, 2.75) is 45.7 Å². The SMILES string of the molecule is CC(C)Cn1c([C@@H]2CCCN2C(=O)[C@H]2CC(=O)N(C)C2)nc2ccccc21. The lowest BCUT2D eigenvalue weighted by Crippen LogP contribution is -2.37. The van der Waals surface area contributed by atoms with Gasteiger partial charge in [-0.3, -0.25) is 9.59 Å². The van der Waals surface area contributed by atoms with Crippen molar-refractivity contribution >= 4 is 22.8 Å². The molecule has 6 nitrogen and oxygen atoms in total. The Morgan fingerprint density at radius 1 is 1.30 bits per heavy atom. The molecule has 0 saturated carbocycles. The Bertz CT molecular complexity index is 872. The smallest absolute Gasteiger partial charge is 0.228 e. The Morgan fingerprint density at radius 3 is 2.78 bits per heavy atom. The van der Waals surface area contributed by atoms with E-state index in [9.17, 15) is 9.59 Å². The van der Waals surface area contributed by atoms with Gasteiger partial charge in [-0.1, -0.05) is 26.0 Å². The fraction of sp³-hybridized carbons (Fsp3) is 0.571. The van der Waals surface area contributed by atoms with E-state index < -0.39 is 0 Å². The highest BCUT2D eigenvalue weighted by atomic mass is 16.2. The maximum atomic E-state index is 13.2. The van der Waals surface area contributed by atoms with Gasteiger partial charge in [0, 0.05) is 33.1 Å². The molecule has 2 aliphatic rings. The molecule has 0 spiro atoms. The number of amides is 2. The molecular formula is C21H28N4O2. The molecule has 0 radical (unpaired) electrons. The highest BCUT2D eigenvalue weighted by Gasteiger charge is 2.40. The van der Waals surface area contributed by atoms with Crippen LogP contribution in [0.15, 0.2) is 24.3 Å². The molecule has 1 aromatic carbocycles. The second kappa shape index (κ2) is 6.98. The molecule has 2 aliphatic heterocycles. The van der Waals surface area contributed by atoms with Crippen molar-refractivity contribution in [1.82, 2.24) is 19.4 Å². The molecule has 2 atom stereocenters. The third-order valence-electron chi connectivity index (χ3n) is 5.76. The Kier molecular flexibility index (Phi) is 4.66. The molecule has 2 fully saturated rings. The van der Waals surface area contributed by atoms with Crippen LogP contribution < -0.4 is 0 Å². The average Bonchev–Trinajstić information content (AvgIpc) is 3.32. The molecule has 6 heteroatoms. The van der Waals surface area contributed by atoms with Gasteiger partial charge in [0.25, 0.3) is 0 Å². The molecule has 2 amide bonds. The van der Waals surface area contributed by atoms with Gasteiger partial charge in [0.1, 0.15) is 5.82 Å². The van der Waals surface area contributed by atoms with Gasteiger partial charge in [0.15, 0.2) is 0 Å². The number of carbonyl (C=O) groups excluding carboxylic acids is 2. The van der Waals surface area contributed by atoms with Gasteiger partial charge in [0.2, 0.25) is 11.8 Å². The summed E-state index contributed by atoms with van der Waals surface area (Å²) in [5.74, 6) is 1.45. The van der Waals surface area contributed by atoms with Crippen LogP contribution in [0.25, 0.3) is 11.0 Å². The predicted octanol–water partition coefficient (Wildman–Crippen LogP) is 2.83. The number of aromatic nitrogens is 2. The molecule has 2 saturated heterocycles. The summed E-state index contributed by atoms with van der Waals surface area (Å²) in [6, 6.07) is 8.21. The fourth-order valence-corrected chi connectivity index (χ4v) is 4.47. The van der Waals surface area contributed by atoms with E-state index in [1.807, 2.05) is 23.1 Å². The molecular weight excluding hydrogens is 340 g/mol. The van der Waals surface area contributed by atoms with Crippen molar-refractivity contribution < 1.29 is 9.59 Å². The van der Waals surface area contributed by atoms with Gasteiger partial charge in [-0.2, -0.15) is 0 Å². The second-order valence-corrected chi connectivity index (χ2v) is 8.33. The number of nitrogens with zero attached hydrogens (tertiary/aromatic N) is 4. The number of para-hydroxylation sites is 2. The highest BCUT2D eigenvalue weighted by Crippen LogP contribution is 2.36. The fourth-order valence-electron chi connectivity index (χ4n) is 4.47. The van der Waals surface area contributed by atoms with E-state index >= 15 is 0 Å². The normalized spacial score (nSPS) is 23.2. The van der Waals surface area contributed by atoms with E-state index in [2.05, 4.69) is 24.5 Å². The average molecular weight is 368 g/mol. The van der Waals surface area contributed by atoms with Gasteiger partial charge >= 0.3 is 0 Å². The molecule has 2 aromatic rings. The first-order valence-electron chi connectivity index (χ1n) is 9.95. The maximum absolute atomic E-state index is 13.2. The van der Waals surface area contributed by atoms with Gasteiger partial charge < -0.3 is 14.4 Å². The zero-order valence-corrected chi connectivity index (χ0v) is 16.4. The van der Waals surface area contributed by atoms with Crippen molar-refractivity contribution in [3.63, 3.8) is 0 Å². The zero-order valence-electron chi connectivity index (χ0n) is 16.4. The predicted molar refractivity (Wildman–Crippen MR) is 104 cm³/mol. The van der Waals surface area contributed by atoms with Gasteiger partial charge in [0.05, 0.1) is 23.0 Å². The number of imidazole rings is 1. The van der Waals surface area contributed by atoms with Crippen LogP contribution in [0.5, 0.6) is 0 Å². The van der Waals surface area contributed by atoms with Crippen LogP contribution in [0.2, 0.25) is 0 Å². The summed E-state index contributed by atoms with van der Waals surface area (Å²) in [6.07, 6.45) is 2.25. The summed E-state index contributed by atoms with van der Waals surface area (Å²) in [5.41, 5.74) is 2.12. The third-order valence-corrected chi connectivity index (χ3v) is 5.76. The van der Waals surface area contributed by atoms with Crippen molar-refractivity contribution in [2.75, 3.05) is 20.1 Å². The summed E-state index contributed by atoms with van der Waals surface area (Å²) in [5, 5.41) is 0. The lowest BCUT2D eigenvalue weighted by atomic mass is 10.1. The lowest BCUT2D eigenvalue weighted by molar-refractivity contribution is -0.136. The standard InChI is InChI=1S/C21H28N4O2/c1-14(2)12-25-17-8-5-4-7-16(17)22-20(25)18-9-6-10-24(18)21(27)15-11-19(26)23(3)13-15/h4-5,7-8,14-15,18H,6,9-13H2,1-3H3/t15-,18-/m0/s1. The summed E-state index contributed by atoms with van der Waals surface area (Å²) in [6.45, 7) is 6.58. The Balaban J connectivity index is 1.67. The van der Waals surface area contributed by atoms with Crippen molar-refractivity contribution in [3.05, 3.63) is 30.1 Å². The van der Waals surface area contributed by atoms with Gasteiger partial charge in [-0.05, 0) is 30.9 Å². The number of benzene rings is 1. The molecule has 1 aromatic heterocycles. The number of carbonyl (C=O) groups is 2. The topological polar surface area (TPSA) is 58.4 Å². The minimum absolute atomic E-state index is 0.00431. The Morgan fingerprint density at radius 2 is 2.07 bits per heavy atom. The monoisotopic (exact) mass is 368 g/mol. The first-order chi connectivity index (χ1) is 13.0. The van der Waals surface area contributed by atoms with Crippen LogP contribution >= 0.6 is 0 Å². The minimum atomic E-state index is -0.217. The molecule has 4 rings (SSSR count). The number of hydrogen-bond acceptors (Lipinski definition) is 3. The summed E-state index contributed by atoms with van der Waals surface area (Å²) in [4.78, 5) is 33.6. The maximum Gasteiger partial charge on any atom is 0.228 e. The minimum Gasteiger partial charge on any atom is -0.345 e. The van der Waals surface area contributed by atoms with Crippen LogP contribution in [-0.4, -0.2) is 51.3 Å². The Labute approximate surface area is 160 Å². The summed E-state index contributed by atoms with van der Waals surface area (Å²) >= 11 is 0. The molecule has 0 aliphatic carbocycles. The van der Waals surface area contributed by atoms with E-state index in [4.69, 9.17) is 4.98 Å². The molecule has 27 heavy (non-hydrogen) atoms. The van der Waals surface area contributed by atoms with Crippen LogP contribution in [0, 0.1) is 11.8 Å². The number of rotatable bonds is 4. The number of likely N-dealkylation sites (tertiary alicyclic amines) is 2. The van der Waals surface area contributed by atoms with Gasteiger partial charge in [-0.15, -0.1) is 0 Å². The van der Waals surface area contributed by atoms with E-state index in [1.165, 1.54) is 0 Å². The summed E-state index contributed by atoms with van der Waals surface area (Å²) in [7, 11) is 1.78. The largest absolute Gasteiger partial charge is 0.345 e. The molecule has 0 bridgehead atoms. The van der Waals surface area contributed by atoms with Crippen molar-refractivity contribution in [2.24, 2.45) is 11.8 Å². The third kappa shape index (κ3) is 3.22. The second-order valence-electron chi connectivity index (χ2n) is 8.33. The van der Waals surface area contributed by atoms with Crippen molar-refractivity contribution in [3.8, 4) is 0 Å². The van der Waals surface area contributed by atoms with E-state index in [0.717, 1.165) is 42.8 Å². The zero-order chi connectivity index (χ0) is 19.1. The van der Waals surface area contributed by atoms with Crippen LogP contribution in [0.1, 0.15) is 45.0 Å². The van der Waals surface area contributed by atoms with E-state index in [0.29, 0.717) is 18.9 Å². The first-order valence-corrected chi connectivity index (χ1v) is 9.95.